The molecule has 2 fully saturated rings. The first-order chi connectivity index (χ1) is 14.6. The van der Waals surface area contributed by atoms with Crippen LogP contribution in [0.2, 0.25) is 0 Å². The predicted molar refractivity (Wildman–Crippen MR) is 111 cm³/mol. The summed E-state index contributed by atoms with van der Waals surface area (Å²) in [5, 5.41) is 0. The number of carbonyl (C=O) groups excluding carboxylic acids is 3. The maximum atomic E-state index is 13.4. The van der Waals surface area contributed by atoms with Crippen LogP contribution in [0.25, 0.3) is 0 Å². The Labute approximate surface area is 176 Å². The van der Waals surface area contributed by atoms with E-state index in [4.69, 9.17) is 4.74 Å². The monoisotopic (exact) mass is 406 g/mol. The van der Waals surface area contributed by atoms with Crippen LogP contribution in [0.4, 0.5) is 0 Å². The highest BCUT2D eigenvalue weighted by Crippen LogP contribution is 2.43. The molecule has 3 heterocycles. The van der Waals surface area contributed by atoms with Gasteiger partial charge < -0.3 is 9.64 Å². The number of nitrogens with zero attached hydrogens (tertiary/aromatic N) is 2. The molecule has 2 saturated heterocycles. The summed E-state index contributed by atoms with van der Waals surface area (Å²) in [5.74, 6) is -0.902. The van der Waals surface area contributed by atoms with Crippen LogP contribution in [0.5, 0.6) is 0 Å². The predicted octanol–water partition coefficient (Wildman–Crippen LogP) is 3.16. The van der Waals surface area contributed by atoms with Gasteiger partial charge in [0.15, 0.2) is 5.72 Å². The van der Waals surface area contributed by atoms with Gasteiger partial charge in [0.25, 0.3) is 5.91 Å². The fraction of sp³-hybridized carbons (Fsp3) is 0.375. The summed E-state index contributed by atoms with van der Waals surface area (Å²) in [6.45, 7) is 4.91. The van der Waals surface area contributed by atoms with E-state index in [1.54, 1.807) is 23.1 Å². The van der Waals surface area contributed by atoms with Gasteiger partial charge >= 0.3 is 0 Å². The second-order valence-electron chi connectivity index (χ2n) is 7.60. The molecule has 1 spiro atoms. The summed E-state index contributed by atoms with van der Waals surface area (Å²) in [5.41, 5.74) is 1.64. The maximum Gasteiger partial charge on any atom is 0.261 e. The first-order valence-corrected chi connectivity index (χ1v) is 10.5. The van der Waals surface area contributed by atoms with E-state index in [1.807, 2.05) is 50.2 Å². The Morgan fingerprint density at radius 1 is 1.00 bits per heavy atom. The van der Waals surface area contributed by atoms with E-state index in [9.17, 15) is 14.4 Å². The molecule has 3 amide bonds. The standard InChI is InChI=1S/C22H20N2O4.C2H6/c25-19-12-16-8-4-5-9-17(16)20(26)24(19)18-10-11-22(14-28-22)23(21(18)27)13-15-6-2-1-3-7-15;1-2/h1-9,18H,10-14H2;1-2H3. The highest BCUT2D eigenvalue weighted by molar-refractivity contribution is 6.12. The highest BCUT2D eigenvalue weighted by Gasteiger charge is 2.58. The Bertz CT molecular complexity index is 968. The summed E-state index contributed by atoms with van der Waals surface area (Å²) >= 11 is 0. The van der Waals surface area contributed by atoms with E-state index in [1.165, 1.54) is 4.90 Å². The van der Waals surface area contributed by atoms with E-state index in [-0.39, 0.29) is 24.1 Å². The summed E-state index contributed by atoms with van der Waals surface area (Å²) in [7, 11) is 0. The first-order valence-electron chi connectivity index (χ1n) is 10.5. The number of fused-ring (bicyclic) bond motifs is 1. The molecule has 30 heavy (non-hydrogen) atoms. The summed E-state index contributed by atoms with van der Waals surface area (Å²) in [6.07, 6.45) is 1.20. The summed E-state index contributed by atoms with van der Waals surface area (Å²) < 4.78 is 5.65. The molecule has 2 unspecified atom stereocenters. The van der Waals surface area contributed by atoms with Crippen LogP contribution in [0.1, 0.15) is 48.2 Å². The largest absolute Gasteiger partial charge is 0.348 e. The van der Waals surface area contributed by atoms with E-state index < -0.39 is 11.8 Å². The SMILES string of the molecule is CC.O=C1Cc2ccccc2C(=O)N1C1CCC2(CO2)N(Cc2ccccc2)C1=O. The van der Waals surface area contributed by atoms with Crippen molar-refractivity contribution in [1.29, 1.82) is 0 Å². The molecule has 0 aliphatic carbocycles. The van der Waals surface area contributed by atoms with E-state index in [0.717, 1.165) is 11.1 Å². The zero-order valence-corrected chi connectivity index (χ0v) is 17.3. The molecule has 2 atom stereocenters. The highest BCUT2D eigenvalue weighted by atomic mass is 16.6. The Morgan fingerprint density at radius 2 is 1.67 bits per heavy atom. The van der Waals surface area contributed by atoms with Gasteiger partial charge in [-0.1, -0.05) is 62.4 Å². The number of epoxide rings is 1. The van der Waals surface area contributed by atoms with Crippen LogP contribution in [-0.4, -0.2) is 45.9 Å². The minimum atomic E-state index is -0.771. The molecule has 0 N–H and O–H groups in total. The van der Waals surface area contributed by atoms with Crippen molar-refractivity contribution in [3.05, 3.63) is 71.3 Å². The quantitative estimate of drug-likeness (QED) is 0.580. The number of carbonyl (C=O) groups is 3. The van der Waals surface area contributed by atoms with Crippen molar-refractivity contribution in [3.8, 4) is 0 Å². The second-order valence-corrected chi connectivity index (χ2v) is 7.60. The van der Waals surface area contributed by atoms with Gasteiger partial charge in [0.1, 0.15) is 6.04 Å². The molecular weight excluding hydrogens is 380 g/mol. The number of amides is 3. The minimum Gasteiger partial charge on any atom is -0.348 e. The molecule has 6 nitrogen and oxygen atoms in total. The summed E-state index contributed by atoms with van der Waals surface area (Å²) in [6, 6.07) is 16.0. The van der Waals surface area contributed by atoms with Crippen molar-refractivity contribution < 1.29 is 19.1 Å². The molecule has 0 aromatic heterocycles. The van der Waals surface area contributed by atoms with E-state index in [2.05, 4.69) is 0 Å². The van der Waals surface area contributed by atoms with Crippen molar-refractivity contribution in [3.63, 3.8) is 0 Å². The molecule has 0 radical (unpaired) electrons. The number of imide groups is 1. The molecule has 3 aliphatic rings. The molecule has 0 bridgehead atoms. The molecule has 5 rings (SSSR count). The van der Waals surface area contributed by atoms with Crippen LogP contribution in [0.15, 0.2) is 54.6 Å². The van der Waals surface area contributed by atoms with Crippen LogP contribution in [0, 0.1) is 0 Å². The zero-order valence-electron chi connectivity index (χ0n) is 17.3. The van der Waals surface area contributed by atoms with Crippen molar-refractivity contribution in [2.45, 2.75) is 51.4 Å². The van der Waals surface area contributed by atoms with Gasteiger partial charge in [-0.3, -0.25) is 19.3 Å². The van der Waals surface area contributed by atoms with Crippen molar-refractivity contribution in [1.82, 2.24) is 9.80 Å². The number of benzene rings is 2. The van der Waals surface area contributed by atoms with Gasteiger partial charge in [0.2, 0.25) is 11.8 Å². The third-order valence-corrected chi connectivity index (χ3v) is 5.90. The third-order valence-electron chi connectivity index (χ3n) is 5.90. The number of piperidine rings is 1. The van der Waals surface area contributed by atoms with Crippen LogP contribution in [-0.2, 0) is 27.3 Å². The first kappa shape index (κ1) is 20.3. The van der Waals surface area contributed by atoms with Gasteiger partial charge in [-0.25, -0.2) is 0 Å². The van der Waals surface area contributed by atoms with Crippen molar-refractivity contribution in [2.24, 2.45) is 0 Å². The Kier molecular flexibility index (Phi) is 5.43. The average Bonchev–Trinajstić information content (AvgIpc) is 3.55. The normalized spacial score (nSPS) is 25.0. The molecule has 2 aromatic carbocycles. The maximum absolute atomic E-state index is 13.4. The third kappa shape index (κ3) is 3.41. The van der Waals surface area contributed by atoms with Crippen molar-refractivity contribution in [2.75, 3.05) is 6.61 Å². The molecule has 0 saturated carbocycles. The Morgan fingerprint density at radius 3 is 2.37 bits per heavy atom. The van der Waals surface area contributed by atoms with Crippen LogP contribution >= 0.6 is 0 Å². The number of ether oxygens (including phenoxy) is 1. The number of rotatable bonds is 3. The zero-order chi connectivity index (χ0) is 21.3. The lowest BCUT2D eigenvalue weighted by Gasteiger charge is -2.42. The molecule has 156 valence electrons. The van der Waals surface area contributed by atoms with Gasteiger partial charge in [-0.15, -0.1) is 0 Å². The average molecular weight is 406 g/mol. The lowest BCUT2D eigenvalue weighted by atomic mass is 9.91. The van der Waals surface area contributed by atoms with E-state index in [0.29, 0.717) is 31.6 Å². The molecular formula is C24H26N2O4. The molecule has 6 heteroatoms. The Balaban J connectivity index is 0.00000106. The summed E-state index contributed by atoms with van der Waals surface area (Å²) in [4.78, 5) is 42.0. The van der Waals surface area contributed by atoms with Crippen LogP contribution in [0.3, 0.4) is 0 Å². The Hall–Kier alpha value is -2.99. The smallest absolute Gasteiger partial charge is 0.261 e. The van der Waals surface area contributed by atoms with Gasteiger partial charge in [-0.2, -0.15) is 0 Å². The second kappa shape index (κ2) is 8.03. The fourth-order valence-corrected chi connectivity index (χ4v) is 4.30. The number of likely N-dealkylation sites (tertiary alicyclic amines) is 1. The molecule has 3 aliphatic heterocycles. The number of hydrogen-bond acceptors (Lipinski definition) is 4. The van der Waals surface area contributed by atoms with Gasteiger partial charge in [-0.05, 0) is 23.6 Å². The molecule has 2 aromatic rings. The fourth-order valence-electron chi connectivity index (χ4n) is 4.30. The number of hydrogen-bond donors (Lipinski definition) is 0. The van der Waals surface area contributed by atoms with Crippen molar-refractivity contribution >= 4 is 17.7 Å². The topological polar surface area (TPSA) is 70.2 Å². The lowest BCUT2D eigenvalue weighted by Crippen LogP contribution is -2.61. The van der Waals surface area contributed by atoms with Crippen LogP contribution < -0.4 is 0 Å². The van der Waals surface area contributed by atoms with E-state index >= 15 is 0 Å². The lowest BCUT2D eigenvalue weighted by molar-refractivity contribution is -0.154. The van der Waals surface area contributed by atoms with Gasteiger partial charge in [0, 0.05) is 18.5 Å². The van der Waals surface area contributed by atoms with Gasteiger partial charge in [0.05, 0.1) is 13.0 Å². The minimum absolute atomic E-state index is 0.145.